The number of hydrogen-bond acceptors (Lipinski definition) is 5. The fourth-order valence-electron chi connectivity index (χ4n) is 5.16. The van der Waals surface area contributed by atoms with E-state index in [-0.39, 0.29) is 11.3 Å². The summed E-state index contributed by atoms with van der Waals surface area (Å²) in [5, 5.41) is 11.5. The minimum Gasteiger partial charge on any atom is -0.507 e. The van der Waals surface area contributed by atoms with Gasteiger partial charge in [0.25, 0.3) is 11.7 Å². The fraction of sp³-hybridized carbons (Fsp3) is 0.290. The van der Waals surface area contributed by atoms with Crippen LogP contribution in [0.1, 0.15) is 54.5 Å². The van der Waals surface area contributed by atoms with Gasteiger partial charge in [-0.2, -0.15) is 0 Å². The van der Waals surface area contributed by atoms with Gasteiger partial charge in [0.1, 0.15) is 17.3 Å². The summed E-state index contributed by atoms with van der Waals surface area (Å²) < 4.78 is 11.0. The second-order valence-electron chi connectivity index (χ2n) is 9.48. The molecule has 1 atom stereocenters. The molecule has 0 saturated carbocycles. The molecule has 6 nitrogen and oxygen atoms in total. The summed E-state index contributed by atoms with van der Waals surface area (Å²) in [6.45, 7) is 2.64. The lowest BCUT2D eigenvalue weighted by atomic mass is 9.88. The highest BCUT2D eigenvalue weighted by Crippen LogP contribution is 2.43. The Bertz CT molecular complexity index is 1340. The lowest BCUT2D eigenvalue weighted by Gasteiger charge is -2.26. The predicted molar refractivity (Wildman–Crippen MR) is 143 cm³/mol. The Hall–Kier alpha value is -4.06. The molecule has 1 saturated heterocycles. The molecule has 0 aromatic heterocycles. The van der Waals surface area contributed by atoms with Crippen molar-refractivity contribution in [3.63, 3.8) is 0 Å². The van der Waals surface area contributed by atoms with Crippen molar-refractivity contribution in [1.29, 1.82) is 0 Å². The molecule has 2 aliphatic rings. The number of benzene rings is 3. The number of anilines is 1. The zero-order valence-corrected chi connectivity index (χ0v) is 21.2. The standard InChI is InChI=1S/C31H31NO5/c1-3-18-37-26-14-10-21(11-15-26)28-27(29(33)23-9-8-20-6-4-5-7-22(20)19-23)30(34)31(35)32(28)24-12-16-25(36-2)17-13-24/h8-17,19,28,33H,3-7,18H2,1-2H3/b29-27-. The number of rotatable bonds is 7. The van der Waals surface area contributed by atoms with E-state index in [0.717, 1.165) is 32.1 Å². The fourth-order valence-corrected chi connectivity index (χ4v) is 5.16. The van der Waals surface area contributed by atoms with E-state index >= 15 is 0 Å². The Morgan fingerprint density at radius 2 is 1.59 bits per heavy atom. The maximum atomic E-state index is 13.4. The minimum absolute atomic E-state index is 0.0822. The SMILES string of the molecule is CCCOc1ccc(C2/C(=C(/O)c3ccc4c(c3)CCCC4)C(=O)C(=O)N2c2ccc(OC)cc2)cc1. The highest BCUT2D eigenvalue weighted by Gasteiger charge is 2.47. The summed E-state index contributed by atoms with van der Waals surface area (Å²) in [6.07, 6.45) is 5.11. The smallest absolute Gasteiger partial charge is 0.300 e. The largest absolute Gasteiger partial charge is 0.507 e. The number of ketones is 1. The molecular formula is C31H31NO5. The van der Waals surface area contributed by atoms with Crippen LogP contribution in [-0.2, 0) is 22.4 Å². The maximum Gasteiger partial charge on any atom is 0.300 e. The van der Waals surface area contributed by atoms with Crippen LogP contribution in [0.25, 0.3) is 5.76 Å². The van der Waals surface area contributed by atoms with Crippen molar-refractivity contribution in [3.05, 3.63) is 94.6 Å². The second-order valence-corrected chi connectivity index (χ2v) is 9.48. The van der Waals surface area contributed by atoms with Crippen LogP contribution in [0.3, 0.4) is 0 Å². The summed E-state index contributed by atoms with van der Waals surface area (Å²) in [4.78, 5) is 28.3. The molecule has 3 aromatic rings. The molecule has 1 aliphatic heterocycles. The van der Waals surface area contributed by atoms with Crippen LogP contribution in [-0.4, -0.2) is 30.5 Å². The number of fused-ring (bicyclic) bond motifs is 1. The summed E-state index contributed by atoms with van der Waals surface area (Å²) in [5.74, 6) is -0.188. The summed E-state index contributed by atoms with van der Waals surface area (Å²) in [5.41, 5.74) is 4.36. The van der Waals surface area contributed by atoms with Gasteiger partial charge in [-0.05, 0) is 91.3 Å². The number of carbonyl (C=O) groups is 2. The van der Waals surface area contributed by atoms with Crippen LogP contribution >= 0.6 is 0 Å². The van der Waals surface area contributed by atoms with Crippen LogP contribution in [0.15, 0.2) is 72.3 Å². The van der Waals surface area contributed by atoms with Crippen LogP contribution in [0.4, 0.5) is 5.69 Å². The van der Waals surface area contributed by atoms with Crippen molar-refractivity contribution in [1.82, 2.24) is 0 Å². The molecule has 37 heavy (non-hydrogen) atoms. The number of aliphatic hydroxyl groups is 1. The van der Waals surface area contributed by atoms with E-state index in [1.165, 1.54) is 16.0 Å². The van der Waals surface area contributed by atoms with Gasteiger partial charge in [0, 0.05) is 11.3 Å². The zero-order chi connectivity index (χ0) is 25.9. The number of aliphatic hydroxyl groups excluding tert-OH is 1. The number of hydrogen-bond donors (Lipinski definition) is 1. The van der Waals surface area contributed by atoms with Gasteiger partial charge in [-0.1, -0.05) is 31.2 Å². The summed E-state index contributed by atoms with van der Waals surface area (Å²) in [6, 6.07) is 19.4. The summed E-state index contributed by atoms with van der Waals surface area (Å²) >= 11 is 0. The number of ether oxygens (including phenoxy) is 2. The van der Waals surface area contributed by atoms with Crippen LogP contribution < -0.4 is 14.4 Å². The molecular weight excluding hydrogens is 466 g/mol. The molecule has 1 amide bonds. The molecule has 0 radical (unpaired) electrons. The van der Waals surface area contributed by atoms with E-state index < -0.39 is 17.7 Å². The van der Waals surface area contributed by atoms with Gasteiger partial charge >= 0.3 is 0 Å². The monoisotopic (exact) mass is 497 g/mol. The van der Waals surface area contributed by atoms with Gasteiger partial charge in [-0.25, -0.2) is 0 Å². The summed E-state index contributed by atoms with van der Waals surface area (Å²) in [7, 11) is 1.57. The third-order valence-corrected chi connectivity index (χ3v) is 7.09. The van der Waals surface area contributed by atoms with Gasteiger partial charge in [-0.15, -0.1) is 0 Å². The average molecular weight is 498 g/mol. The average Bonchev–Trinajstić information content (AvgIpc) is 3.21. The zero-order valence-electron chi connectivity index (χ0n) is 21.2. The van der Waals surface area contributed by atoms with Gasteiger partial charge in [0.2, 0.25) is 0 Å². The molecule has 5 rings (SSSR count). The van der Waals surface area contributed by atoms with Crippen LogP contribution in [0, 0.1) is 0 Å². The molecule has 1 unspecified atom stereocenters. The quantitative estimate of drug-likeness (QED) is 0.247. The molecule has 0 bridgehead atoms. The molecule has 190 valence electrons. The first-order chi connectivity index (χ1) is 18.0. The number of amides is 1. The van der Waals surface area contributed by atoms with E-state index in [9.17, 15) is 14.7 Å². The Morgan fingerprint density at radius 1 is 0.919 bits per heavy atom. The Balaban J connectivity index is 1.63. The molecule has 1 fully saturated rings. The maximum absolute atomic E-state index is 13.4. The van der Waals surface area contributed by atoms with Crippen molar-refractivity contribution < 1.29 is 24.2 Å². The molecule has 1 N–H and O–H groups in total. The molecule has 3 aromatic carbocycles. The van der Waals surface area contributed by atoms with E-state index in [1.54, 1.807) is 31.4 Å². The number of carbonyl (C=O) groups excluding carboxylic acids is 2. The first kappa shape index (κ1) is 24.6. The Labute approximate surface area is 217 Å². The van der Waals surface area contributed by atoms with Crippen LogP contribution in [0.5, 0.6) is 11.5 Å². The highest BCUT2D eigenvalue weighted by atomic mass is 16.5. The Kier molecular flexibility index (Phi) is 6.99. The van der Waals surface area contributed by atoms with Crippen molar-refractivity contribution in [3.8, 4) is 11.5 Å². The first-order valence-corrected chi connectivity index (χ1v) is 12.8. The van der Waals surface area contributed by atoms with Gasteiger partial charge in [0.05, 0.1) is 25.3 Å². The number of aryl methyl sites for hydroxylation is 2. The van der Waals surface area contributed by atoms with E-state index in [4.69, 9.17) is 9.47 Å². The lowest BCUT2D eigenvalue weighted by Crippen LogP contribution is -2.29. The number of methoxy groups -OCH3 is 1. The third-order valence-electron chi connectivity index (χ3n) is 7.09. The van der Waals surface area contributed by atoms with Gasteiger partial charge in [0.15, 0.2) is 0 Å². The van der Waals surface area contributed by atoms with Gasteiger partial charge in [-0.3, -0.25) is 14.5 Å². The first-order valence-electron chi connectivity index (χ1n) is 12.8. The molecule has 1 aliphatic carbocycles. The van der Waals surface area contributed by atoms with E-state index in [0.29, 0.717) is 34.9 Å². The molecule has 0 spiro atoms. The molecule has 1 heterocycles. The highest BCUT2D eigenvalue weighted by molar-refractivity contribution is 6.51. The normalized spacial score (nSPS) is 18.5. The second kappa shape index (κ2) is 10.5. The van der Waals surface area contributed by atoms with E-state index in [2.05, 4.69) is 0 Å². The van der Waals surface area contributed by atoms with E-state index in [1.807, 2.05) is 49.4 Å². The molecule has 6 heteroatoms. The Morgan fingerprint density at radius 3 is 2.27 bits per heavy atom. The number of nitrogens with zero attached hydrogens (tertiary/aromatic N) is 1. The lowest BCUT2D eigenvalue weighted by molar-refractivity contribution is -0.132. The van der Waals surface area contributed by atoms with Crippen LogP contribution in [0.2, 0.25) is 0 Å². The van der Waals surface area contributed by atoms with Crippen molar-refractivity contribution in [2.24, 2.45) is 0 Å². The third kappa shape index (κ3) is 4.71. The van der Waals surface area contributed by atoms with Gasteiger partial charge < -0.3 is 14.6 Å². The minimum atomic E-state index is -0.787. The van der Waals surface area contributed by atoms with Crippen molar-refractivity contribution in [2.75, 3.05) is 18.6 Å². The topological polar surface area (TPSA) is 76.1 Å². The van der Waals surface area contributed by atoms with Crippen molar-refractivity contribution in [2.45, 2.75) is 45.1 Å². The van der Waals surface area contributed by atoms with Crippen molar-refractivity contribution >= 4 is 23.1 Å². The number of Topliss-reactive ketones (excluding diaryl/α,β-unsaturated/α-hetero) is 1. The predicted octanol–water partition coefficient (Wildman–Crippen LogP) is 5.99.